The minimum atomic E-state index is -1.25. The van der Waals surface area contributed by atoms with Crippen LogP contribution in [0.4, 0.5) is 0 Å². The Morgan fingerprint density at radius 3 is 2.67 bits per heavy atom. The van der Waals surface area contributed by atoms with Gasteiger partial charge >= 0.3 is 5.97 Å². The molecule has 3 amide bonds. The summed E-state index contributed by atoms with van der Waals surface area (Å²) >= 11 is 1.33. The Morgan fingerprint density at radius 2 is 2.00 bits per heavy atom. The Labute approximate surface area is 373 Å². The number of likely N-dealkylation sites (tertiary alicyclic amines) is 1. The molecular weight excluding hydrogens is 821 g/mol. The van der Waals surface area contributed by atoms with Gasteiger partial charge in [0, 0.05) is 78.9 Å². The van der Waals surface area contributed by atoms with E-state index < -0.39 is 53.2 Å². The summed E-state index contributed by atoms with van der Waals surface area (Å²) in [5, 5.41) is 17.1. The van der Waals surface area contributed by atoms with Crippen molar-refractivity contribution in [2.45, 2.75) is 98.6 Å². The molecule has 16 heteroatoms. The summed E-state index contributed by atoms with van der Waals surface area (Å²) in [5.41, 5.74) is 8.70. The van der Waals surface area contributed by atoms with Crippen molar-refractivity contribution in [1.82, 2.24) is 30.2 Å². The fourth-order valence-electron chi connectivity index (χ4n) is 9.30. The van der Waals surface area contributed by atoms with Crippen LogP contribution in [0.3, 0.4) is 0 Å². The minimum absolute atomic E-state index is 0.103. The predicted octanol–water partition coefficient (Wildman–Crippen LogP) is 5.85. The third-order valence-electron chi connectivity index (χ3n) is 12.8. The normalized spacial score (nSPS) is 26.0. The lowest BCUT2D eigenvalue weighted by molar-refractivity contribution is -0.156. The number of benzene rings is 1. The number of aryl methyl sites for hydroxylation is 1. The van der Waals surface area contributed by atoms with E-state index in [1.807, 2.05) is 45.2 Å². The standard InChI is InChI=1S/C47H60N8O7S/c1-10-30(38(49-11-2)27(6)60-9)40-32-20-47(7,8)25-62-46(59)33-15-14-18-55(52-33)45(58)39(51-42(56)36-26(5)37(36)44(57)53-22-28(21-48)23-53)41(61-13-4)43-50-34(24-63-43)29-16-17-35(31(32)19-29)54(40)12-3/h10-11,16-17,19,24,26-28,33,36-37,39,41,52H,1,12-15,18,20,22-23,25H2,2-9H3,(H,51,56)/b38-30+,49-11-/t26-,27+,33+,36-,37-,39+,41+/m1/s1. The van der Waals surface area contributed by atoms with Gasteiger partial charge in [-0.15, -0.1) is 11.3 Å². The van der Waals surface area contributed by atoms with Gasteiger partial charge in [0.05, 0.1) is 53.6 Å². The average molecular weight is 881 g/mol. The van der Waals surface area contributed by atoms with Gasteiger partial charge in [-0.1, -0.05) is 39.5 Å². The minimum Gasteiger partial charge on any atom is -0.464 e. The van der Waals surface area contributed by atoms with Crippen LogP contribution >= 0.6 is 11.3 Å². The summed E-state index contributed by atoms with van der Waals surface area (Å²) < 4.78 is 20.5. The zero-order chi connectivity index (χ0) is 45.3. The monoisotopic (exact) mass is 880 g/mol. The molecule has 0 unspecified atom stereocenters. The highest BCUT2D eigenvalue weighted by Crippen LogP contribution is 2.48. The topological polar surface area (TPSA) is 180 Å². The number of esters is 1. The van der Waals surface area contributed by atoms with Crippen LogP contribution in [0.5, 0.6) is 0 Å². The molecule has 1 aromatic carbocycles. The number of carbonyl (C=O) groups is 4. The van der Waals surface area contributed by atoms with E-state index >= 15 is 0 Å². The van der Waals surface area contributed by atoms with E-state index in [0.29, 0.717) is 49.6 Å². The molecule has 15 nitrogen and oxygen atoms in total. The van der Waals surface area contributed by atoms with Crippen molar-refractivity contribution < 1.29 is 33.4 Å². The number of allylic oxidation sites excluding steroid dienone is 2. The molecule has 7 rings (SSSR count). The molecule has 3 aliphatic heterocycles. The Hall–Kier alpha value is -5.21. The lowest BCUT2D eigenvalue weighted by Gasteiger charge is -2.37. The second-order valence-electron chi connectivity index (χ2n) is 17.7. The predicted molar refractivity (Wildman–Crippen MR) is 241 cm³/mol. The summed E-state index contributed by atoms with van der Waals surface area (Å²) in [4.78, 5) is 67.8. The third-order valence-corrected chi connectivity index (χ3v) is 13.7. The van der Waals surface area contributed by atoms with Crippen molar-refractivity contribution in [2.24, 2.45) is 34.1 Å². The SMILES string of the molecule is C=C/C(=C(\N=C/C)[C@H](C)OC)c1c2c3cc(ccc3n1CC)-c1csc(n1)[C@@H](OCC)[C@H](NC(=O)[C@@H]1[C@@H](C)[C@H]1C(=O)N1CC(C#N)C1)C(=O)N1CCC[C@H](N1)C(=O)OCC(C)(C)C2. The molecule has 0 spiro atoms. The number of ether oxygens (including phenoxy) is 3. The first-order chi connectivity index (χ1) is 30.2. The molecular formula is C47H60N8O7S. The van der Waals surface area contributed by atoms with Gasteiger partial charge in [0.25, 0.3) is 5.91 Å². The van der Waals surface area contributed by atoms with Crippen molar-refractivity contribution in [3.8, 4) is 17.3 Å². The van der Waals surface area contributed by atoms with E-state index in [4.69, 9.17) is 24.2 Å². The van der Waals surface area contributed by atoms with Gasteiger partial charge in [-0.2, -0.15) is 5.26 Å². The molecule has 2 N–H and O–H groups in total. The van der Waals surface area contributed by atoms with Gasteiger partial charge in [-0.05, 0) is 70.6 Å². The Balaban J connectivity index is 1.34. The summed E-state index contributed by atoms with van der Waals surface area (Å²) in [6, 6.07) is 6.39. The van der Waals surface area contributed by atoms with Crippen LogP contribution in [-0.4, -0.2) is 108 Å². The highest BCUT2D eigenvalue weighted by atomic mass is 32.1. The Morgan fingerprint density at radius 1 is 1.24 bits per heavy atom. The van der Waals surface area contributed by atoms with Gasteiger partial charge in [0.1, 0.15) is 23.2 Å². The summed E-state index contributed by atoms with van der Waals surface area (Å²) in [6.07, 6.45) is 3.76. The second kappa shape index (κ2) is 18.9. The van der Waals surface area contributed by atoms with Gasteiger partial charge in [0.2, 0.25) is 11.8 Å². The molecule has 0 radical (unpaired) electrons. The van der Waals surface area contributed by atoms with Crippen LogP contribution in [0.1, 0.15) is 83.7 Å². The molecule has 3 fully saturated rings. The number of hydrogen-bond donors (Lipinski definition) is 2. The maximum Gasteiger partial charge on any atom is 0.324 e. The molecule has 3 aromatic rings. The quantitative estimate of drug-likeness (QED) is 0.135. The van der Waals surface area contributed by atoms with E-state index in [9.17, 15) is 24.4 Å². The summed E-state index contributed by atoms with van der Waals surface area (Å²) in [7, 11) is 1.66. The molecule has 336 valence electrons. The lowest BCUT2D eigenvalue weighted by atomic mass is 9.84. The molecule has 1 saturated carbocycles. The van der Waals surface area contributed by atoms with Gasteiger partial charge < -0.3 is 29.0 Å². The number of methoxy groups -OCH3 is 1. The number of carbonyl (C=O) groups excluding carboxylic acids is 4. The Bertz CT molecular complexity index is 2370. The largest absolute Gasteiger partial charge is 0.464 e. The number of fused-ring (bicyclic) bond motifs is 6. The number of aromatic nitrogens is 2. The number of amides is 3. The molecule has 2 aromatic heterocycles. The molecule has 7 atom stereocenters. The van der Waals surface area contributed by atoms with Gasteiger partial charge in [-0.3, -0.25) is 29.2 Å². The number of hydrazine groups is 1. The van der Waals surface area contributed by atoms with Crippen LogP contribution in [0.15, 0.2) is 46.9 Å². The first-order valence-corrected chi connectivity index (χ1v) is 22.9. The zero-order valence-electron chi connectivity index (χ0n) is 37.6. The molecule has 2 saturated heterocycles. The number of nitrogens with zero attached hydrogens (tertiary/aromatic N) is 6. The van der Waals surface area contributed by atoms with Gasteiger partial charge in [-0.25, -0.2) is 10.4 Å². The van der Waals surface area contributed by atoms with Crippen molar-refractivity contribution in [3.05, 3.63) is 58.2 Å². The van der Waals surface area contributed by atoms with Crippen LogP contribution in [0, 0.1) is 40.4 Å². The fraction of sp³-hybridized carbons (Fsp3) is 0.553. The first kappa shape index (κ1) is 45.8. The smallest absolute Gasteiger partial charge is 0.324 e. The molecule has 4 aliphatic rings. The maximum atomic E-state index is 14.8. The highest BCUT2D eigenvalue weighted by molar-refractivity contribution is 7.10. The van der Waals surface area contributed by atoms with E-state index in [2.05, 4.69) is 60.9 Å². The summed E-state index contributed by atoms with van der Waals surface area (Å²) in [6.45, 7) is 20.0. The fourth-order valence-corrected chi connectivity index (χ4v) is 10.2. The molecule has 6 bridgehead atoms. The van der Waals surface area contributed by atoms with Crippen LogP contribution in [0.25, 0.3) is 27.7 Å². The Kier molecular flexibility index (Phi) is 13.7. The van der Waals surface area contributed by atoms with Crippen molar-refractivity contribution in [2.75, 3.05) is 40.0 Å². The van der Waals surface area contributed by atoms with Crippen molar-refractivity contribution in [3.63, 3.8) is 0 Å². The van der Waals surface area contributed by atoms with E-state index in [1.54, 1.807) is 18.2 Å². The molecule has 1 aliphatic carbocycles. The van der Waals surface area contributed by atoms with E-state index in [0.717, 1.165) is 39.0 Å². The number of cyclic esters (lactones) is 1. The van der Waals surface area contributed by atoms with Crippen LogP contribution in [0.2, 0.25) is 0 Å². The van der Waals surface area contributed by atoms with Gasteiger partial charge in [0.15, 0.2) is 0 Å². The number of thiazole rings is 1. The maximum absolute atomic E-state index is 14.8. The van der Waals surface area contributed by atoms with Crippen molar-refractivity contribution in [1.29, 1.82) is 5.26 Å². The first-order valence-electron chi connectivity index (χ1n) is 22.0. The number of nitrogens with one attached hydrogen (secondary N) is 2. The zero-order valence-corrected chi connectivity index (χ0v) is 38.4. The lowest BCUT2D eigenvalue weighted by Crippen LogP contribution is -2.61. The molecule has 63 heavy (non-hydrogen) atoms. The number of aliphatic imine (C=N–C) groups is 1. The van der Waals surface area contributed by atoms with E-state index in [-0.39, 0.29) is 43.6 Å². The molecule has 5 heterocycles. The number of nitriles is 1. The number of hydrogen-bond acceptors (Lipinski definition) is 12. The van der Waals surface area contributed by atoms with Crippen LogP contribution in [-0.2, 0) is 46.4 Å². The summed E-state index contributed by atoms with van der Waals surface area (Å²) in [5.74, 6) is -3.24. The number of rotatable bonds is 11. The third kappa shape index (κ3) is 8.98. The second-order valence-corrected chi connectivity index (χ2v) is 18.6. The average Bonchev–Trinajstić information content (AvgIpc) is 3.55. The van der Waals surface area contributed by atoms with Crippen molar-refractivity contribution >= 4 is 57.7 Å². The highest BCUT2D eigenvalue weighted by Gasteiger charge is 2.59. The van der Waals surface area contributed by atoms with Crippen LogP contribution < -0.4 is 10.7 Å². The van der Waals surface area contributed by atoms with E-state index in [1.165, 1.54) is 16.3 Å².